The minimum absolute atomic E-state index is 0.185. The second-order valence-corrected chi connectivity index (χ2v) is 9.46. The van der Waals surface area contributed by atoms with Crippen LogP contribution >= 0.6 is 0 Å². The van der Waals surface area contributed by atoms with E-state index in [1.54, 1.807) is 6.07 Å². The van der Waals surface area contributed by atoms with Gasteiger partial charge in [-0.15, -0.1) is 0 Å². The third kappa shape index (κ3) is 4.12. The lowest BCUT2D eigenvalue weighted by molar-refractivity contribution is 0.244. The molecule has 1 atom stereocenters. The molecule has 8 heteroatoms. The van der Waals surface area contributed by atoms with Gasteiger partial charge in [0.1, 0.15) is 17.2 Å². The van der Waals surface area contributed by atoms with Crippen molar-refractivity contribution in [2.75, 3.05) is 11.6 Å². The molecule has 0 radical (unpaired) electrons. The first-order chi connectivity index (χ1) is 13.7. The summed E-state index contributed by atoms with van der Waals surface area (Å²) in [7, 11) is -3.29. The molecule has 3 aromatic rings. The number of hydrogen-bond acceptors (Lipinski definition) is 4. The van der Waals surface area contributed by atoms with Crippen LogP contribution in [0.5, 0.6) is 0 Å². The van der Waals surface area contributed by atoms with E-state index in [4.69, 9.17) is 4.42 Å². The summed E-state index contributed by atoms with van der Waals surface area (Å²) in [5, 5.41) is 6.37. The van der Waals surface area contributed by atoms with Gasteiger partial charge in [0.05, 0.1) is 10.9 Å². The summed E-state index contributed by atoms with van der Waals surface area (Å²) >= 11 is 0. The zero-order chi connectivity index (χ0) is 20.8. The van der Waals surface area contributed by atoms with Crippen molar-refractivity contribution in [2.24, 2.45) is 5.92 Å². The predicted octanol–water partition coefficient (Wildman–Crippen LogP) is 4.56. The third-order valence-electron chi connectivity index (χ3n) is 5.14. The highest BCUT2D eigenvalue weighted by Crippen LogP contribution is 2.44. The van der Waals surface area contributed by atoms with E-state index in [9.17, 15) is 17.6 Å². The molecule has 1 fully saturated rings. The number of rotatable bonds is 5. The van der Waals surface area contributed by atoms with E-state index in [1.165, 1.54) is 36.4 Å². The van der Waals surface area contributed by atoms with Crippen LogP contribution in [0.3, 0.4) is 0 Å². The van der Waals surface area contributed by atoms with Gasteiger partial charge >= 0.3 is 6.03 Å². The number of nitrogens with one attached hydrogen (secondary N) is 2. The number of carbonyl (C=O) groups excluding carboxylic acids is 1. The number of hydrogen-bond donors (Lipinski definition) is 2. The Bertz CT molecular complexity index is 1180. The minimum Gasteiger partial charge on any atom is -0.459 e. The zero-order valence-electron chi connectivity index (χ0n) is 16.0. The van der Waals surface area contributed by atoms with E-state index in [0.717, 1.165) is 24.7 Å². The minimum atomic E-state index is -3.29. The van der Waals surface area contributed by atoms with E-state index in [0.29, 0.717) is 22.4 Å². The van der Waals surface area contributed by atoms with Crippen molar-refractivity contribution >= 4 is 32.5 Å². The summed E-state index contributed by atoms with van der Waals surface area (Å²) in [5.74, 6) is 0.562. The number of halogens is 1. The van der Waals surface area contributed by atoms with Crippen LogP contribution in [0.25, 0.3) is 11.0 Å². The molecule has 1 saturated carbocycles. The summed E-state index contributed by atoms with van der Waals surface area (Å²) in [6, 6.07) is 9.61. The monoisotopic (exact) mass is 416 g/mol. The van der Waals surface area contributed by atoms with Gasteiger partial charge < -0.3 is 15.1 Å². The lowest BCUT2D eigenvalue weighted by Crippen LogP contribution is -2.33. The van der Waals surface area contributed by atoms with Gasteiger partial charge in [-0.25, -0.2) is 17.6 Å². The van der Waals surface area contributed by atoms with Crippen molar-refractivity contribution in [3.05, 3.63) is 59.6 Å². The van der Waals surface area contributed by atoms with Crippen LogP contribution in [0.15, 0.2) is 51.8 Å². The predicted molar refractivity (Wildman–Crippen MR) is 108 cm³/mol. The number of sulfone groups is 1. The van der Waals surface area contributed by atoms with Crippen molar-refractivity contribution in [3.63, 3.8) is 0 Å². The molecule has 6 nitrogen and oxygen atoms in total. The van der Waals surface area contributed by atoms with Gasteiger partial charge in [-0.3, -0.25) is 0 Å². The quantitative estimate of drug-likeness (QED) is 0.638. The van der Waals surface area contributed by atoms with Crippen LogP contribution in [0.4, 0.5) is 14.9 Å². The Morgan fingerprint density at radius 3 is 2.48 bits per heavy atom. The number of carbonyl (C=O) groups is 1. The maximum Gasteiger partial charge on any atom is 0.319 e. The Morgan fingerprint density at radius 2 is 1.86 bits per heavy atom. The molecule has 0 spiro atoms. The summed E-state index contributed by atoms with van der Waals surface area (Å²) in [6.45, 7) is 1.86. The highest BCUT2D eigenvalue weighted by molar-refractivity contribution is 7.90. The summed E-state index contributed by atoms with van der Waals surface area (Å²) in [6.07, 6.45) is 3.07. The molecular formula is C21H21FN2O4S. The first kappa shape index (κ1) is 19.4. The lowest BCUT2D eigenvalue weighted by Gasteiger charge is -2.17. The van der Waals surface area contributed by atoms with Crippen molar-refractivity contribution in [1.29, 1.82) is 0 Å². The first-order valence-electron chi connectivity index (χ1n) is 9.28. The molecule has 152 valence electrons. The largest absolute Gasteiger partial charge is 0.459 e. The Labute approximate surface area is 168 Å². The molecule has 0 bridgehead atoms. The molecule has 1 heterocycles. The molecule has 2 N–H and O–H groups in total. The van der Waals surface area contributed by atoms with Gasteiger partial charge in [-0.05, 0) is 68.1 Å². The standard InChI is InChI=1S/C21H21FN2O4S/c1-12-17-11-14(22)5-10-18(17)28-20(12)19(13-3-4-13)24-21(25)23-15-6-8-16(9-7-15)29(2,26)27/h5-11,13,19H,3-4H2,1-2H3,(H2,23,24,25)/t19-/m0/s1. The topological polar surface area (TPSA) is 88.4 Å². The van der Waals surface area contributed by atoms with E-state index < -0.39 is 15.9 Å². The van der Waals surface area contributed by atoms with Gasteiger partial charge in [0.15, 0.2) is 9.84 Å². The Kier molecular flexibility index (Phi) is 4.82. The number of furan rings is 1. The molecule has 1 aromatic heterocycles. The van der Waals surface area contributed by atoms with Crippen LogP contribution in [0.1, 0.15) is 30.2 Å². The molecule has 4 rings (SSSR count). The second kappa shape index (κ2) is 7.18. The molecule has 0 saturated heterocycles. The fourth-order valence-electron chi connectivity index (χ4n) is 3.43. The van der Waals surface area contributed by atoms with Crippen LogP contribution in [0.2, 0.25) is 0 Å². The average molecular weight is 416 g/mol. The molecule has 1 aliphatic rings. The Hall–Kier alpha value is -2.87. The van der Waals surface area contributed by atoms with Gasteiger partial charge in [0, 0.05) is 22.9 Å². The van der Waals surface area contributed by atoms with Crippen molar-refractivity contribution < 1.29 is 22.0 Å². The van der Waals surface area contributed by atoms with Crippen LogP contribution in [-0.2, 0) is 9.84 Å². The van der Waals surface area contributed by atoms with Crippen molar-refractivity contribution in [1.82, 2.24) is 5.32 Å². The SMILES string of the molecule is Cc1c([C@@H](NC(=O)Nc2ccc(S(C)(=O)=O)cc2)C2CC2)oc2ccc(F)cc12. The molecule has 2 aromatic carbocycles. The normalized spacial score (nSPS) is 15.3. The maximum absolute atomic E-state index is 13.6. The smallest absolute Gasteiger partial charge is 0.319 e. The van der Waals surface area contributed by atoms with E-state index in [-0.39, 0.29) is 22.7 Å². The van der Waals surface area contributed by atoms with E-state index in [1.807, 2.05) is 6.92 Å². The van der Waals surface area contributed by atoms with E-state index >= 15 is 0 Å². The van der Waals surface area contributed by atoms with Crippen molar-refractivity contribution in [2.45, 2.75) is 30.7 Å². The molecule has 1 aliphatic carbocycles. The summed E-state index contributed by atoms with van der Waals surface area (Å²) in [5.41, 5.74) is 1.88. The molecular weight excluding hydrogens is 395 g/mol. The summed E-state index contributed by atoms with van der Waals surface area (Å²) < 4.78 is 42.6. The fraction of sp³-hybridized carbons (Fsp3) is 0.286. The summed E-state index contributed by atoms with van der Waals surface area (Å²) in [4.78, 5) is 12.7. The second-order valence-electron chi connectivity index (χ2n) is 7.44. The average Bonchev–Trinajstić information content (AvgIpc) is 3.45. The highest BCUT2D eigenvalue weighted by atomic mass is 32.2. The molecule has 2 amide bonds. The zero-order valence-corrected chi connectivity index (χ0v) is 16.8. The number of benzene rings is 2. The maximum atomic E-state index is 13.6. The lowest BCUT2D eigenvalue weighted by atomic mass is 10.0. The van der Waals surface area contributed by atoms with Crippen LogP contribution in [0, 0.1) is 18.7 Å². The van der Waals surface area contributed by atoms with Gasteiger partial charge in [-0.2, -0.15) is 0 Å². The number of anilines is 1. The van der Waals surface area contributed by atoms with Gasteiger partial charge in [0.25, 0.3) is 0 Å². The number of fused-ring (bicyclic) bond motifs is 1. The number of amides is 2. The third-order valence-corrected chi connectivity index (χ3v) is 6.27. The van der Waals surface area contributed by atoms with Gasteiger partial charge in [0.2, 0.25) is 0 Å². The van der Waals surface area contributed by atoms with Crippen LogP contribution in [-0.4, -0.2) is 20.7 Å². The molecule has 0 unspecified atom stereocenters. The molecule has 29 heavy (non-hydrogen) atoms. The van der Waals surface area contributed by atoms with Crippen LogP contribution < -0.4 is 10.6 Å². The van der Waals surface area contributed by atoms with E-state index in [2.05, 4.69) is 10.6 Å². The highest BCUT2D eigenvalue weighted by Gasteiger charge is 2.37. The Balaban J connectivity index is 1.53. The number of aryl methyl sites for hydroxylation is 1. The number of urea groups is 1. The fourth-order valence-corrected chi connectivity index (χ4v) is 4.06. The Morgan fingerprint density at radius 1 is 1.17 bits per heavy atom. The van der Waals surface area contributed by atoms with Crippen molar-refractivity contribution in [3.8, 4) is 0 Å². The first-order valence-corrected chi connectivity index (χ1v) is 11.2. The molecule has 0 aliphatic heterocycles. The van der Waals surface area contributed by atoms with Gasteiger partial charge in [-0.1, -0.05) is 0 Å².